The maximum absolute atomic E-state index is 10.9. The summed E-state index contributed by atoms with van der Waals surface area (Å²) in [7, 11) is 0. The Bertz CT molecular complexity index is 496. The molecule has 1 fully saturated rings. The van der Waals surface area contributed by atoms with Gasteiger partial charge in [0.1, 0.15) is 0 Å². The first-order valence-corrected chi connectivity index (χ1v) is 7.23. The molecule has 0 radical (unpaired) electrons. The van der Waals surface area contributed by atoms with Crippen LogP contribution in [0.15, 0.2) is 12.1 Å². The van der Waals surface area contributed by atoms with Crippen LogP contribution in [0.5, 0.6) is 0 Å². The van der Waals surface area contributed by atoms with Crippen molar-refractivity contribution >= 4 is 11.4 Å². The SMILES string of the molecule is Cc1cc([N+](=O)[O-])c(C)cc1NC(C)CC1CCCN1. The minimum absolute atomic E-state index is 0.193. The van der Waals surface area contributed by atoms with Gasteiger partial charge in [0.05, 0.1) is 4.92 Å². The number of hydrogen-bond donors (Lipinski definition) is 2. The van der Waals surface area contributed by atoms with Crippen LogP contribution in [0, 0.1) is 24.0 Å². The van der Waals surface area contributed by atoms with Crippen molar-refractivity contribution in [2.75, 3.05) is 11.9 Å². The predicted octanol–water partition coefficient (Wildman–Crippen LogP) is 3.15. The van der Waals surface area contributed by atoms with Crippen molar-refractivity contribution in [3.05, 3.63) is 33.4 Å². The maximum atomic E-state index is 10.9. The third-order valence-corrected chi connectivity index (χ3v) is 3.94. The molecule has 1 saturated heterocycles. The molecule has 2 N–H and O–H groups in total. The number of nitro benzene ring substituents is 1. The Morgan fingerprint density at radius 3 is 2.80 bits per heavy atom. The summed E-state index contributed by atoms with van der Waals surface area (Å²) in [6, 6.07) is 4.48. The molecule has 2 rings (SSSR count). The van der Waals surface area contributed by atoms with E-state index in [2.05, 4.69) is 17.6 Å². The van der Waals surface area contributed by atoms with Crippen LogP contribution in [0.1, 0.15) is 37.3 Å². The molecule has 0 aliphatic carbocycles. The smallest absolute Gasteiger partial charge is 0.272 e. The molecular weight excluding hydrogens is 254 g/mol. The lowest BCUT2D eigenvalue weighted by Crippen LogP contribution is -2.29. The lowest BCUT2D eigenvalue weighted by Gasteiger charge is -2.21. The summed E-state index contributed by atoms with van der Waals surface area (Å²) in [6.45, 7) is 6.98. The first kappa shape index (κ1) is 14.8. The normalized spacial score (nSPS) is 19.9. The highest BCUT2D eigenvalue weighted by molar-refractivity contribution is 5.59. The highest BCUT2D eigenvalue weighted by Crippen LogP contribution is 2.27. The Hall–Kier alpha value is -1.62. The highest BCUT2D eigenvalue weighted by atomic mass is 16.6. The van der Waals surface area contributed by atoms with Crippen LogP contribution in [-0.4, -0.2) is 23.6 Å². The molecule has 0 bridgehead atoms. The quantitative estimate of drug-likeness (QED) is 0.641. The van der Waals surface area contributed by atoms with Crippen molar-refractivity contribution in [1.82, 2.24) is 5.32 Å². The molecule has 0 spiro atoms. The van der Waals surface area contributed by atoms with Gasteiger partial charge < -0.3 is 10.6 Å². The molecule has 5 heteroatoms. The Balaban J connectivity index is 2.05. The summed E-state index contributed by atoms with van der Waals surface area (Å²) in [6.07, 6.45) is 3.58. The van der Waals surface area contributed by atoms with Crippen molar-refractivity contribution in [2.24, 2.45) is 0 Å². The number of nitrogens with zero attached hydrogens (tertiary/aromatic N) is 1. The summed E-state index contributed by atoms with van der Waals surface area (Å²) in [5.74, 6) is 0. The minimum Gasteiger partial charge on any atom is -0.382 e. The monoisotopic (exact) mass is 277 g/mol. The fraction of sp³-hybridized carbons (Fsp3) is 0.600. The van der Waals surface area contributed by atoms with Gasteiger partial charge in [-0.05, 0) is 58.2 Å². The number of nitrogens with one attached hydrogen (secondary N) is 2. The molecule has 1 aromatic carbocycles. The van der Waals surface area contributed by atoms with Crippen LogP contribution in [-0.2, 0) is 0 Å². The predicted molar refractivity (Wildman–Crippen MR) is 81.3 cm³/mol. The largest absolute Gasteiger partial charge is 0.382 e. The molecule has 1 aliphatic heterocycles. The molecule has 0 aromatic heterocycles. The molecular formula is C15H23N3O2. The van der Waals surface area contributed by atoms with Crippen LogP contribution in [0.4, 0.5) is 11.4 Å². The fourth-order valence-electron chi connectivity index (χ4n) is 2.86. The van der Waals surface area contributed by atoms with E-state index in [0.717, 1.165) is 24.2 Å². The van der Waals surface area contributed by atoms with E-state index in [1.807, 2.05) is 13.0 Å². The van der Waals surface area contributed by atoms with Gasteiger partial charge in [-0.15, -0.1) is 0 Å². The lowest BCUT2D eigenvalue weighted by molar-refractivity contribution is -0.385. The van der Waals surface area contributed by atoms with Crippen LogP contribution >= 0.6 is 0 Å². The summed E-state index contributed by atoms with van der Waals surface area (Å²) in [5.41, 5.74) is 2.82. The van der Waals surface area contributed by atoms with Crippen molar-refractivity contribution in [3.63, 3.8) is 0 Å². The first-order chi connectivity index (χ1) is 9.47. The minimum atomic E-state index is -0.321. The zero-order valence-corrected chi connectivity index (χ0v) is 12.4. The lowest BCUT2D eigenvalue weighted by atomic mass is 10.0. The molecule has 20 heavy (non-hydrogen) atoms. The molecule has 2 unspecified atom stereocenters. The molecule has 5 nitrogen and oxygen atoms in total. The van der Waals surface area contributed by atoms with Crippen LogP contribution in [0.2, 0.25) is 0 Å². The maximum Gasteiger partial charge on any atom is 0.272 e. The Morgan fingerprint density at radius 1 is 1.45 bits per heavy atom. The summed E-state index contributed by atoms with van der Waals surface area (Å²) in [5, 5.41) is 17.9. The number of nitro groups is 1. The van der Waals surface area contributed by atoms with Crippen molar-refractivity contribution in [3.8, 4) is 0 Å². The van der Waals surface area contributed by atoms with E-state index in [9.17, 15) is 10.1 Å². The van der Waals surface area contributed by atoms with E-state index in [-0.39, 0.29) is 10.6 Å². The van der Waals surface area contributed by atoms with Gasteiger partial charge in [0.2, 0.25) is 0 Å². The van der Waals surface area contributed by atoms with Gasteiger partial charge in [-0.2, -0.15) is 0 Å². The second-order valence-electron chi connectivity index (χ2n) is 5.79. The van der Waals surface area contributed by atoms with Gasteiger partial charge in [-0.1, -0.05) is 0 Å². The van der Waals surface area contributed by atoms with Crippen molar-refractivity contribution in [1.29, 1.82) is 0 Å². The number of aryl methyl sites for hydroxylation is 2. The molecule has 1 heterocycles. The number of hydrogen-bond acceptors (Lipinski definition) is 4. The number of rotatable bonds is 5. The van der Waals surface area contributed by atoms with Crippen LogP contribution in [0.3, 0.4) is 0 Å². The zero-order valence-electron chi connectivity index (χ0n) is 12.4. The molecule has 2 atom stereocenters. The third-order valence-electron chi connectivity index (χ3n) is 3.94. The Labute approximate surface area is 119 Å². The van der Waals surface area contributed by atoms with E-state index in [1.165, 1.54) is 12.8 Å². The summed E-state index contributed by atoms with van der Waals surface area (Å²) >= 11 is 0. The fourth-order valence-corrected chi connectivity index (χ4v) is 2.86. The highest BCUT2D eigenvalue weighted by Gasteiger charge is 2.18. The number of anilines is 1. The molecule has 0 saturated carbocycles. The second-order valence-corrected chi connectivity index (χ2v) is 5.79. The van der Waals surface area contributed by atoms with E-state index in [1.54, 1.807) is 13.0 Å². The van der Waals surface area contributed by atoms with Gasteiger partial charge in [0, 0.05) is 29.4 Å². The van der Waals surface area contributed by atoms with Gasteiger partial charge >= 0.3 is 0 Å². The van der Waals surface area contributed by atoms with E-state index in [4.69, 9.17) is 0 Å². The Morgan fingerprint density at radius 2 is 2.20 bits per heavy atom. The van der Waals surface area contributed by atoms with Crippen LogP contribution in [0.25, 0.3) is 0 Å². The molecule has 1 aromatic rings. The van der Waals surface area contributed by atoms with Gasteiger partial charge in [0.25, 0.3) is 5.69 Å². The zero-order chi connectivity index (χ0) is 14.7. The van der Waals surface area contributed by atoms with Gasteiger partial charge in [-0.3, -0.25) is 10.1 Å². The van der Waals surface area contributed by atoms with E-state index >= 15 is 0 Å². The van der Waals surface area contributed by atoms with Crippen molar-refractivity contribution < 1.29 is 4.92 Å². The molecule has 110 valence electrons. The van der Waals surface area contributed by atoms with E-state index in [0.29, 0.717) is 17.6 Å². The topological polar surface area (TPSA) is 67.2 Å². The standard InChI is InChI=1S/C15H23N3O2/c1-10-8-15(18(19)20)11(2)7-14(10)17-12(3)9-13-5-4-6-16-13/h7-8,12-13,16-17H,4-6,9H2,1-3H3. The Kier molecular flexibility index (Phi) is 4.60. The third kappa shape index (κ3) is 3.48. The first-order valence-electron chi connectivity index (χ1n) is 7.23. The molecule has 0 amide bonds. The molecule has 1 aliphatic rings. The summed E-state index contributed by atoms with van der Waals surface area (Å²) in [4.78, 5) is 10.6. The number of benzene rings is 1. The average Bonchev–Trinajstić information content (AvgIpc) is 2.85. The second kappa shape index (κ2) is 6.22. The van der Waals surface area contributed by atoms with Crippen molar-refractivity contribution in [2.45, 2.75) is 52.1 Å². The van der Waals surface area contributed by atoms with Gasteiger partial charge in [-0.25, -0.2) is 0 Å². The average molecular weight is 277 g/mol. The van der Waals surface area contributed by atoms with Crippen LogP contribution < -0.4 is 10.6 Å². The van der Waals surface area contributed by atoms with Gasteiger partial charge in [0.15, 0.2) is 0 Å². The summed E-state index contributed by atoms with van der Waals surface area (Å²) < 4.78 is 0. The van der Waals surface area contributed by atoms with E-state index < -0.39 is 0 Å².